The second-order valence-corrected chi connectivity index (χ2v) is 3.03. The number of carbonyl (C=O) groups is 1. The first kappa shape index (κ1) is 8.52. The lowest BCUT2D eigenvalue weighted by Crippen LogP contribution is -1.93. The van der Waals surface area contributed by atoms with E-state index in [-0.39, 0.29) is 5.78 Å². The quantitative estimate of drug-likeness (QED) is 0.641. The summed E-state index contributed by atoms with van der Waals surface area (Å²) >= 11 is 0. The highest BCUT2D eigenvalue weighted by Gasteiger charge is 2.10. The maximum atomic E-state index is 11.3. The van der Waals surface area contributed by atoms with Crippen LogP contribution in [0.15, 0.2) is 28.9 Å². The van der Waals surface area contributed by atoms with Crippen molar-refractivity contribution >= 4 is 16.8 Å². The maximum Gasteiger partial charge on any atom is 0.163 e. The summed E-state index contributed by atoms with van der Waals surface area (Å²) in [6.07, 6.45) is 1.51. The Bertz CT molecular complexity index is 546. The summed E-state index contributed by atoms with van der Waals surface area (Å²) in [4.78, 5) is 11.3. The number of Topliss-reactive ketones (excluding diaryl/α,β-unsaturated/α-hetero) is 1. The zero-order valence-corrected chi connectivity index (χ0v) is 7.57. The summed E-state index contributed by atoms with van der Waals surface area (Å²) in [5.41, 5.74) is 1.49. The molecular weight excluding hydrogens is 178 g/mol. The summed E-state index contributed by atoms with van der Waals surface area (Å²) in [5.74, 6) is -0.0953. The van der Waals surface area contributed by atoms with Gasteiger partial charge < -0.3 is 4.42 Å². The van der Waals surface area contributed by atoms with Crippen molar-refractivity contribution in [1.29, 1.82) is 5.26 Å². The van der Waals surface area contributed by atoms with Gasteiger partial charge in [0, 0.05) is 5.39 Å². The molecule has 0 saturated heterocycles. The zero-order chi connectivity index (χ0) is 10.1. The number of benzene rings is 1. The monoisotopic (exact) mass is 185 g/mol. The van der Waals surface area contributed by atoms with Crippen molar-refractivity contribution in [3.8, 4) is 6.07 Å². The van der Waals surface area contributed by atoms with E-state index in [1.54, 1.807) is 18.2 Å². The van der Waals surface area contributed by atoms with Crippen LogP contribution in [0.4, 0.5) is 0 Å². The van der Waals surface area contributed by atoms with Gasteiger partial charge in [-0.05, 0) is 25.1 Å². The minimum atomic E-state index is -0.0953. The topological polar surface area (TPSA) is 54.0 Å². The van der Waals surface area contributed by atoms with Crippen LogP contribution < -0.4 is 0 Å². The number of hydrogen-bond acceptors (Lipinski definition) is 3. The minimum absolute atomic E-state index is 0.0953. The predicted molar refractivity (Wildman–Crippen MR) is 50.9 cm³/mol. The third kappa shape index (κ3) is 1.17. The van der Waals surface area contributed by atoms with E-state index < -0.39 is 0 Å². The van der Waals surface area contributed by atoms with Crippen molar-refractivity contribution in [3.05, 3.63) is 35.6 Å². The van der Waals surface area contributed by atoms with Gasteiger partial charge in [0.05, 0.1) is 23.5 Å². The highest BCUT2D eigenvalue weighted by molar-refractivity contribution is 6.05. The SMILES string of the molecule is CC(=O)c1cc(C#N)cc2ccoc12. The molecule has 0 unspecified atom stereocenters. The maximum absolute atomic E-state index is 11.3. The Morgan fingerprint density at radius 3 is 2.93 bits per heavy atom. The van der Waals surface area contributed by atoms with Crippen molar-refractivity contribution in [2.75, 3.05) is 0 Å². The Morgan fingerprint density at radius 1 is 1.50 bits per heavy atom. The summed E-state index contributed by atoms with van der Waals surface area (Å²) in [7, 11) is 0. The number of nitriles is 1. The van der Waals surface area contributed by atoms with Crippen molar-refractivity contribution in [2.45, 2.75) is 6.92 Å². The Morgan fingerprint density at radius 2 is 2.29 bits per heavy atom. The van der Waals surface area contributed by atoms with Gasteiger partial charge in [0.25, 0.3) is 0 Å². The summed E-state index contributed by atoms with van der Waals surface area (Å²) in [6, 6.07) is 7.00. The molecule has 3 nitrogen and oxygen atoms in total. The van der Waals surface area contributed by atoms with Crippen molar-refractivity contribution in [2.24, 2.45) is 0 Å². The van der Waals surface area contributed by atoms with Crippen LogP contribution in [0.5, 0.6) is 0 Å². The number of nitrogens with zero attached hydrogens (tertiary/aromatic N) is 1. The molecular formula is C11H7NO2. The number of ketones is 1. The third-order valence-electron chi connectivity index (χ3n) is 2.06. The molecule has 14 heavy (non-hydrogen) atoms. The van der Waals surface area contributed by atoms with Crippen LogP contribution >= 0.6 is 0 Å². The van der Waals surface area contributed by atoms with E-state index in [9.17, 15) is 4.79 Å². The molecule has 0 radical (unpaired) electrons. The largest absolute Gasteiger partial charge is 0.464 e. The number of furan rings is 1. The van der Waals surface area contributed by atoms with Gasteiger partial charge in [-0.25, -0.2) is 0 Å². The van der Waals surface area contributed by atoms with Crippen LogP contribution in [0.3, 0.4) is 0 Å². The highest BCUT2D eigenvalue weighted by Crippen LogP contribution is 2.22. The number of rotatable bonds is 1. The third-order valence-corrected chi connectivity index (χ3v) is 2.06. The van der Waals surface area contributed by atoms with E-state index in [1.807, 2.05) is 6.07 Å². The van der Waals surface area contributed by atoms with Crippen LogP contribution in [-0.4, -0.2) is 5.78 Å². The van der Waals surface area contributed by atoms with E-state index in [0.29, 0.717) is 16.7 Å². The molecule has 2 aromatic rings. The molecule has 0 N–H and O–H groups in total. The van der Waals surface area contributed by atoms with E-state index in [2.05, 4.69) is 0 Å². The fourth-order valence-corrected chi connectivity index (χ4v) is 1.41. The van der Waals surface area contributed by atoms with Gasteiger partial charge in [0.2, 0.25) is 0 Å². The predicted octanol–water partition coefficient (Wildman–Crippen LogP) is 2.51. The van der Waals surface area contributed by atoms with E-state index in [0.717, 1.165) is 5.39 Å². The van der Waals surface area contributed by atoms with E-state index in [4.69, 9.17) is 9.68 Å². The van der Waals surface area contributed by atoms with E-state index in [1.165, 1.54) is 13.2 Å². The van der Waals surface area contributed by atoms with Gasteiger partial charge in [0.15, 0.2) is 5.78 Å². The Balaban J connectivity index is 2.85. The van der Waals surface area contributed by atoms with Gasteiger partial charge in [-0.15, -0.1) is 0 Å². The zero-order valence-electron chi connectivity index (χ0n) is 7.57. The van der Waals surface area contributed by atoms with Gasteiger partial charge >= 0.3 is 0 Å². The second kappa shape index (κ2) is 3.00. The lowest BCUT2D eigenvalue weighted by molar-refractivity contribution is 0.101. The van der Waals surface area contributed by atoms with Crippen LogP contribution in [0, 0.1) is 11.3 Å². The normalized spacial score (nSPS) is 10.0. The van der Waals surface area contributed by atoms with Crippen molar-refractivity contribution < 1.29 is 9.21 Å². The second-order valence-electron chi connectivity index (χ2n) is 3.03. The average molecular weight is 185 g/mol. The smallest absolute Gasteiger partial charge is 0.163 e. The number of carbonyl (C=O) groups excluding carboxylic acids is 1. The van der Waals surface area contributed by atoms with Crippen LogP contribution in [0.25, 0.3) is 11.0 Å². The number of fused-ring (bicyclic) bond motifs is 1. The molecule has 1 aromatic heterocycles. The fraction of sp³-hybridized carbons (Fsp3) is 0.0909. The first-order valence-electron chi connectivity index (χ1n) is 4.14. The summed E-state index contributed by atoms with van der Waals surface area (Å²) < 4.78 is 5.18. The Hall–Kier alpha value is -2.08. The summed E-state index contributed by atoms with van der Waals surface area (Å²) in [5, 5.41) is 9.54. The highest BCUT2D eigenvalue weighted by atomic mass is 16.3. The molecule has 0 bridgehead atoms. The first-order valence-corrected chi connectivity index (χ1v) is 4.14. The molecule has 0 atom stereocenters. The van der Waals surface area contributed by atoms with Gasteiger partial charge in [0.1, 0.15) is 5.58 Å². The van der Waals surface area contributed by atoms with Crippen molar-refractivity contribution in [3.63, 3.8) is 0 Å². The standard InChI is InChI=1S/C11H7NO2/c1-7(13)10-5-8(6-12)4-9-2-3-14-11(9)10/h2-5H,1H3. The molecule has 0 saturated carbocycles. The Kier molecular flexibility index (Phi) is 1.83. The molecule has 1 heterocycles. The fourth-order valence-electron chi connectivity index (χ4n) is 1.41. The molecule has 0 aliphatic rings. The van der Waals surface area contributed by atoms with Crippen molar-refractivity contribution in [1.82, 2.24) is 0 Å². The average Bonchev–Trinajstić information content (AvgIpc) is 2.63. The number of hydrogen-bond donors (Lipinski definition) is 0. The van der Waals surface area contributed by atoms with Gasteiger partial charge in [-0.1, -0.05) is 0 Å². The molecule has 0 amide bonds. The van der Waals surface area contributed by atoms with Crippen LogP contribution in [-0.2, 0) is 0 Å². The van der Waals surface area contributed by atoms with Crippen LogP contribution in [0.2, 0.25) is 0 Å². The molecule has 0 spiro atoms. The lowest BCUT2D eigenvalue weighted by atomic mass is 10.1. The van der Waals surface area contributed by atoms with Crippen LogP contribution in [0.1, 0.15) is 22.8 Å². The van der Waals surface area contributed by atoms with Gasteiger partial charge in [-0.2, -0.15) is 5.26 Å². The lowest BCUT2D eigenvalue weighted by Gasteiger charge is -1.97. The molecule has 0 aliphatic carbocycles. The molecule has 2 rings (SSSR count). The summed E-state index contributed by atoms with van der Waals surface area (Å²) in [6.45, 7) is 1.46. The molecule has 0 aliphatic heterocycles. The minimum Gasteiger partial charge on any atom is -0.464 e. The molecule has 1 aromatic carbocycles. The van der Waals surface area contributed by atoms with E-state index >= 15 is 0 Å². The molecule has 3 heteroatoms. The first-order chi connectivity index (χ1) is 6.72. The molecule has 0 fully saturated rings. The van der Waals surface area contributed by atoms with Gasteiger partial charge in [-0.3, -0.25) is 4.79 Å². The molecule has 68 valence electrons. The Labute approximate surface area is 80.6 Å².